The second-order valence-corrected chi connectivity index (χ2v) is 4.30. The van der Waals surface area contributed by atoms with E-state index in [-0.39, 0.29) is 0 Å². The van der Waals surface area contributed by atoms with E-state index in [4.69, 9.17) is 0 Å². The number of nitrogens with one attached hydrogen (secondary N) is 2. The van der Waals surface area contributed by atoms with E-state index in [1.807, 2.05) is 7.05 Å². The Morgan fingerprint density at radius 2 is 1.86 bits per heavy atom. The van der Waals surface area contributed by atoms with Crippen molar-refractivity contribution in [2.75, 3.05) is 33.7 Å². The summed E-state index contributed by atoms with van der Waals surface area (Å²) < 4.78 is 0. The number of hydrogen-bond acceptors (Lipinski definition) is 3. The molecule has 0 fully saturated rings. The lowest BCUT2D eigenvalue weighted by atomic mass is 10.2. The van der Waals surface area contributed by atoms with Gasteiger partial charge in [0.15, 0.2) is 0 Å². The van der Waals surface area contributed by atoms with Crippen LogP contribution in [0.15, 0.2) is 0 Å². The van der Waals surface area contributed by atoms with Crippen molar-refractivity contribution >= 4 is 0 Å². The molecule has 0 heterocycles. The lowest BCUT2D eigenvalue weighted by Crippen LogP contribution is -2.31. The van der Waals surface area contributed by atoms with Gasteiger partial charge in [-0.1, -0.05) is 20.3 Å². The predicted molar refractivity (Wildman–Crippen MR) is 63.2 cm³/mol. The highest BCUT2D eigenvalue weighted by atomic mass is 15.5. The maximum atomic E-state index is 3.46. The largest absolute Gasteiger partial charge is 0.316 e. The summed E-state index contributed by atoms with van der Waals surface area (Å²) >= 11 is 0. The number of rotatable bonds is 9. The van der Waals surface area contributed by atoms with Crippen LogP contribution in [0.5, 0.6) is 0 Å². The first-order valence-electron chi connectivity index (χ1n) is 5.76. The monoisotopic (exact) mass is 201 g/mol. The second kappa shape index (κ2) is 9.44. The van der Waals surface area contributed by atoms with Crippen molar-refractivity contribution in [3.63, 3.8) is 0 Å². The van der Waals surface area contributed by atoms with E-state index < -0.39 is 0 Å². The molecule has 0 aromatic rings. The van der Waals surface area contributed by atoms with Crippen LogP contribution in [-0.2, 0) is 0 Å². The third-order valence-corrected chi connectivity index (χ3v) is 2.28. The molecule has 0 atom stereocenters. The van der Waals surface area contributed by atoms with Gasteiger partial charge in [0.2, 0.25) is 0 Å². The minimum atomic E-state index is 0.769. The minimum absolute atomic E-state index is 0.769. The highest BCUT2D eigenvalue weighted by molar-refractivity contribution is 4.52. The first-order chi connectivity index (χ1) is 6.66. The van der Waals surface area contributed by atoms with Crippen LogP contribution >= 0.6 is 0 Å². The van der Waals surface area contributed by atoms with Gasteiger partial charge in [-0.2, -0.15) is 0 Å². The van der Waals surface area contributed by atoms with Gasteiger partial charge in [-0.15, -0.1) is 0 Å². The molecule has 86 valence electrons. The van der Waals surface area contributed by atoms with Gasteiger partial charge in [0.05, 0.1) is 0 Å². The quantitative estimate of drug-likeness (QED) is 0.437. The predicted octanol–water partition coefficient (Wildman–Crippen LogP) is 1.47. The van der Waals surface area contributed by atoms with Crippen molar-refractivity contribution in [3.05, 3.63) is 0 Å². The molecule has 2 N–H and O–H groups in total. The Morgan fingerprint density at radius 1 is 1.14 bits per heavy atom. The highest BCUT2D eigenvalue weighted by Gasteiger charge is 1.95. The zero-order valence-electron chi connectivity index (χ0n) is 10.3. The molecule has 0 aliphatic rings. The van der Waals surface area contributed by atoms with E-state index in [9.17, 15) is 0 Å². The van der Waals surface area contributed by atoms with Gasteiger partial charge in [-0.25, -0.2) is 5.01 Å². The average Bonchev–Trinajstić information content (AvgIpc) is 2.15. The Kier molecular flexibility index (Phi) is 9.35. The van der Waals surface area contributed by atoms with E-state index in [1.54, 1.807) is 0 Å². The van der Waals surface area contributed by atoms with Crippen LogP contribution in [0.3, 0.4) is 0 Å². The number of hydrazine groups is 1. The molecule has 0 aliphatic heterocycles. The Bertz CT molecular complexity index is 115. The maximum Gasteiger partial charge on any atom is 0.0127 e. The summed E-state index contributed by atoms with van der Waals surface area (Å²) in [5, 5.41) is 5.58. The Labute approximate surface area is 89.2 Å². The Hall–Kier alpha value is -0.120. The molecule has 3 heteroatoms. The van der Waals surface area contributed by atoms with Crippen LogP contribution in [0.4, 0.5) is 0 Å². The van der Waals surface area contributed by atoms with Gasteiger partial charge < -0.3 is 5.32 Å². The first kappa shape index (κ1) is 13.9. The topological polar surface area (TPSA) is 27.3 Å². The molecule has 0 spiro atoms. The molecule has 0 radical (unpaired) electrons. The second-order valence-electron chi connectivity index (χ2n) is 4.30. The smallest absolute Gasteiger partial charge is 0.0127 e. The van der Waals surface area contributed by atoms with Crippen LogP contribution in [0.2, 0.25) is 0 Å². The normalized spacial score (nSPS) is 11.6. The van der Waals surface area contributed by atoms with Crippen molar-refractivity contribution in [1.29, 1.82) is 0 Å². The van der Waals surface area contributed by atoms with Gasteiger partial charge in [0.1, 0.15) is 0 Å². The summed E-state index contributed by atoms with van der Waals surface area (Å²) in [6.45, 7) is 7.95. The minimum Gasteiger partial charge on any atom is -0.316 e. The molecular formula is C11H27N3. The molecule has 0 amide bonds. The number of nitrogens with zero attached hydrogens (tertiary/aromatic N) is 1. The molecule has 0 saturated carbocycles. The Balaban J connectivity index is 2.99. The third kappa shape index (κ3) is 9.96. The lowest BCUT2D eigenvalue weighted by molar-refractivity contribution is 0.254. The van der Waals surface area contributed by atoms with Gasteiger partial charge in [-0.05, 0) is 38.9 Å². The van der Waals surface area contributed by atoms with Gasteiger partial charge in [0.25, 0.3) is 0 Å². The third-order valence-electron chi connectivity index (χ3n) is 2.28. The molecule has 0 aromatic heterocycles. The van der Waals surface area contributed by atoms with Crippen molar-refractivity contribution in [2.24, 2.45) is 5.92 Å². The van der Waals surface area contributed by atoms with Crippen molar-refractivity contribution in [3.8, 4) is 0 Å². The SMILES string of the molecule is CNN(C)CCCCCNCC(C)C. The van der Waals surface area contributed by atoms with Gasteiger partial charge >= 0.3 is 0 Å². The van der Waals surface area contributed by atoms with E-state index in [0.29, 0.717) is 0 Å². The van der Waals surface area contributed by atoms with Crippen molar-refractivity contribution in [1.82, 2.24) is 15.8 Å². The van der Waals surface area contributed by atoms with Crippen molar-refractivity contribution in [2.45, 2.75) is 33.1 Å². The molecule has 0 aliphatic carbocycles. The fraction of sp³-hybridized carbons (Fsp3) is 1.00. The summed E-state index contributed by atoms with van der Waals surface area (Å²) in [7, 11) is 4.04. The lowest BCUT2D eigenvalue weighted by Gasteiger charge is -2.14. The zero-order chi connectivity index (χ0) is 10.8. The van der Waals surface area contributed by atoms with Crippen LogP contribution in [0.1, 0.15) is 33.1 Å². The van der Waals surface area contributed by atoms with E-state index >= 15 is 0 Å². The standard InChI is InChI=1S/C11H27N3/c1-11(2)10-13-8-6-5-7-9-14(4)12-3/h11-13H,5-10H2,1-4H3. The Morgan fingerprint density at radius 3 is 2.43 bits per heavy atom. The molecular weight excluding hydrogens is 174 g/mol. The summed E-state index contributed by atoms with van der Waals surface area (Å²) in [5.74, 6) is 0.769. The van der Waals surface area contributed by atoms with E-state index in [1.165, 1.54) is 25.8 Å². The molecule has 0 aromatic carbocycles. The van der Waals surface area contributed by atoms with Gasteiger partial charge in [0, 0.05) is 13.6 Å². The van der Waals surface area contributed by atoms with Crippen LogP contribution in [0.25, 0.3) is 0 Å². The maximum absolute atomic E-state index is 3.46. The molecule has 14 heavy (non-hydrogen) atoms. The van der Waals surface area contributed by atoms with Crippen molar-refractivity contribution < 1.29 is 0 Å². The molecule has 0 unspecified atom stereocenters. The highest BCUT2D eigenvalue weighted by Crippen LogP contribution is 1.95. The van der Waals surface area contributed by atoms with E-state index in [2.05, 4.69) is 36.6 Å². The fourth-order valence-electron chi connectivity index (χ4n) is 1.28. The van der Waals surface area contributed by atoms with E-state index in [0.717, 1.165) is 19.0 Å². The summed E-state index contributed by atoms with van der Waals surface area (Å²) in [6.07, 6.45) is 3.89. The van der Waals surface area contributed by atoms with Gasteiger partial charge in [-0.3, -0.25) is 5.43 Å². The fourth-order valence-corrected chi connectivity index (χ4v) is 1.28. The summed E-state index contributed by atoms with van der Waals surface area (Å²) in [5.41, 5.74) is 3.10. The average molecular weight is 201 g/mol. The number of hydrogen-bond donors (Lipinski definition) is 2. The van der Waals surface area contributed by atoms with Crippen LogP contribution < -0.4 is 10.7 Å². The van der Waals surface area contributed by atoms with Crippen LogP contribution in [0, 0.1) is 5.92 Å². The molecule has 0 rings (SSSR count). The molecule has 3 nitrogen and oxygen atoms in total. The zero-order valence-corrected chi connectivity index (χ0v) is 10.3. The molecule has 0 bridgehead atoms. The molecule has 0 saturated heterocycles. The summed E-state index contributed by atoms with van der Waals surface area (Å²) in [6, 6.07) is 0. The van der Waals surface area contributed by atoms with Crippen LogP contribution in [-0.4, -0.2) is 38.7 Å². The first-order valence-corrected chi connectivity index (χ1v) is 5.76. The number of unbranched alkanes of at least 4 members (excludes halogenated alkanes) is 2. The summed E-state index contributed by atoms with van der Waals surface area (Å²) in [4.78, 5) is 0.